The first-order valence-corrected chi connectivity index (χ1v) is 11.0. The van der Waals surface area contributed by atoms with E-state index in [1.807, 2.05) is 0 Å². The van der Waals surface area contributed by atoms with Crippen LogP contribution in [0.25, 0.3) is 0 Å². The Morgan fingerprint density at radius 1 is 1.00 bits per heavy atom. The van der Waals surface area contributed by atoms with Crippen LogP contribution in [0.1, 0.15) is 60.3 Å². The number of carboxylic acid groups (broad SMARTS) is 3. The van der Waals surface area contributed by atoms with E-state index in [-0.39, 0.29) is 0 Å². The molecule has 31 heavy (non-hydrogen) atoms. The molecule has 0 unspecified atom stereocenters. The Balaban J connectivity index is 0.000000330. The van der Waals surface area contributed by atoms with E-state index in [0.29, 0.717) is 11.5 Å². The van der Waals surface area contributed by atoms with Gasteiger partial charge in [0.1, 0.15) is 0 Å². The molecule has 0 aromatic carbocycles. The van der Waals surface area contributed by atoms with Crippen LogP contribution in [0.15, 0.2) is 0 Å². The molecule has 0 heterocycles. The SMILES string of the molecule is CCN(CC)CCO[C@@H]1C[C@@H]2[C@@H](C[C@@H]1C)C2(C)C.O=C(O)CC(O)(CC(=O)O)C(=O)O. The highest BCUT2D eigenvalue weighted by Crippen LogP contribution is 2.66. The summed E-state index contributed by atoms with van der Waals surface area (Å²) in [5, 5.41) is 33.8. The molecule has 9 heteroatoms. The van der Waals surface area contributed by atoms with E-state index >= 15 is 0 Å². The molecule has 0 aromatic heterocycles. The van der Waals surface area contributed by atoms with Gasteiger partial charge in [-0.15, -0.1) is 0 Å². The Hall–Kier alpha value is -1.71. The number of aliphatic hydroxyl groups is 1. The van der Waals surface area contributed by atoms with Gasteiger partial charge in [-0.25, -0.2) is 4.79 Å². The van der Waals surface area contributed by atoms with Crippen LogP contribution in [0.4, 0.5) is 0 Å². The highest BCUT2D eigenvalue weighted by atomic mass is 16.5. The summed E-state index contributed by atoms with van der Waals surface area (Å²) in [7, 11) is 0. The molecular weight excluding hydrogens is 406 g/mol. The maximum absolute atomic E-state index is 10.3. The minimum Gasteiger partial charge on any atom is -0.481 e. The van der Waals surface area contributed by atoms with Crippen molar-refractivity contribution in [2.75, 3.05) is 26.2 Å². The predicted octanol–water partition coefficient (Wildman–Crippen LogP) is 2.17. The van der Waals surface area contributed by atoms with Crippen LogP contribution < -0.4 is 0 Å². The van der Waals surface area contributed by atoms with E-state index in [1.165, 1.54) is 12.8 Å². The molecule has 2 aliphatic rings. The lowest BCUT2D eigenvalue weighted by Gasteiger charge is -2.29. The number of rotatable bonds is 11. The largest absolute Gasteiger partial charge is 0.481 e. The first kappa shape index (κ1) is 27.3. The van der Waals surface area contributed by atoms with Gasteiger partial charge in [-0.3, -0.25) is 9.59 Å². The molecule has 0 aliphatic heterocycles. The summed E-state index contributed by atoms with van der Waals surface area (Å²) in [4.78, 5) is 32.9. The molecule has 2 saturated carbocycles. The number of nitrogens with zero attached hydrogens (tertiary/aromatic N) is 1. The zero-order valence-electron chi connectivity index (χ0n) is 19.3. The van der Waals surface area contributed by atoms with Gasteiger partial charge in [0.15, 0.2) is 5.60 Å². The van der Waals surface area contributed by atoms with Gasteiger partial charge in [-0.1, -0.05) is 34.6 Å². The third-order valence-electron chi connectivity index (χ3n) is 6.95. The second-order valence-electron chi connectivity index (χ2n) is 9.40. The topological polar surface area (TPSA) is 145 Å². The van der Waals surface area contributed by atoms with Crippen molar-refractivity contribution in [2.24, 2.45) is 23.2 Å². The van der Waals surface area contributed by atoms with Crippen LogP contribution in [0.5, 0.6) is 0 Å². The second-order valence-corrected chi connectivity index (χ2v) is 9.40. The van der Waals surface area contributed by atoms with Gasteiger partial charge < -0.3 is 30.1 Å². The van der Waals surface area contributed by atoms with Crippen LogP contribution >= 0.6 is 0 Å². The van der Waals surface area contributed by atoms with Gasteiger partial charge in [-0.2, -0.15) is 0 Å². The Morgan fingerprint density at radius 3 is 1.90 bits per heavy atom. The fourth-order valence-corrected chi connectivity index (χ4v) is 4.65. The van der Waals surface area contributed by atoms with Crippen molar-refractivity contribution in [3.8, 4) is 0 Å². The molecule has 9 nitrogen and oxygen atoms in total. The summed E-state index contributed by atoms with van der Waals surface area (Å²) in [6, 6.07) is 0. The lowest BCUT2D eigenvalue weighted by atomic mass is 9.88. The van der Waals surface area contributed by atoms with Gasteiger partial charge in [0.05, 0.1) is 25.6 Å². The third-order valence-corrected chi connectivity index (χ3v) is 6.95. The standard InChI is InChI=1S/C16H31NO.C6H8O7/c1-6-17(7-2)8-9-18-15-11-14-13(10-12(15)3)16(14,4)5;7-3(8)1-6(13,5(11)12)2-4(9)10/h12-15H,6-11H2,1-5H3;13H,1-2H2,(H,7,8)(H,9,10)(H,11,12)/t12-,13+,14+,15+;/m0./s1. The van der Waals surface area contributed by atoms with Gasteiger partial charge in [0, 0.05) is 6.54 Å². The van der Waals surface area contributed by atoms with Crippen LogP contribution in [0.2, 0.25) is 0 Å². The monoisotopic (exact) mass is 445 g/mol. The van der Waals surface area contributed by atoms with Crippen molar-refractivity contribution >= 4 is 17.9 Å². The summed E-state index contributed by atoms with van der Waals surface area (Å²) in [6.07, 6.45) is 0.914. The highest BCUT2D eigenvalue weighted by Gasteiger charge is 2.60. The van der Waals surface area contributed by atoms with Crippen molar-refractivity contribution in [3.05, 3.63) is 0 Å². The number of carbonyl (C=O) groups is 3. The van der Waals surface area contributed by atoms with Crippen molar-refractivity contribution in [1.82, 2.24) is 4.90 Å². The molecule has 2 fully saturated rings. The van der Waals surface area contributed by atoms with Crippen molar-refractivity contribution in [2.45, 2.75) is 72.0 Å². The summed E-state index contributed by atoms with van der Waals surface area (Å²) in [5.74, 6) is -2.35. The van der Waals surface area contributed by atoms with E-state index in [9.17, 15) is 14.4 Å². The summed E-state index contributed by atoms with van der Waals surface area (Å²) in [5.41, 5.74) is -2.14. The van der Waals surface area contributed by atoms with Crippen molar-refractivity contribution in [3.63, 3.8) is 0 Å². The molecule has 180 valence electrons. The first-order valence-electron chi connectivity index (χ1n) is 11.0. The molecule has 0 aromatic rings. The molecule has 0 spiro atoms. The summed E-state index contributed by atoms with van der Waals surface area (Å²) in [6.45, 7) is 16.0. The normalized spacial score (nSPS) is 26.4. The number of hydrogen-bond donors (Lipinski definition) is 4. The van der Waals surface area contributed by atoms with E-state index in [0.717, 1.165) is 44.0 Å². The molecule has 0 amide bonds. The lowest BCUT2D eigenvalue weighted by molar-refractivity contribution is -0.170. The van der Waals surface area contributed by atoms with E-state index in [2.05, 4.69) is 39.5 Å². The molecule has 0 radical (unpaired) electrons. The number of hydrogen-bond acceptors (Lipinski definition) is 6. The minimum atomic E-state index is -2.74. The van der Waals surface area contributed by atoms with Gasteiger partial charge in [0.25, 0.3) is 0 Å². The summed E-state index contributed by atoms with van der Waals surface area (Å²) >= 11 is 0. The third kappa shape index (κ3) is 7.73. The van der Waals surface area contributed by atoms with Gasteiger partial charge in [0.2, 0.25) is 0 Å². The quantitative estimate of drug-likeness (QED) is 0.376. The van der Waals surface area contributed by atoms with Gasteiger partial charge in [-0.05, 0) is 49.1 Å². The number of aliphatic carboxylic acids is 3. The molecule has 2 aliphatic carbocycles. The Bertz CT molecular complexity index is 615. The van der Waals surface area contributed by atoms with E-state index in [4.69, 9.17) is 25.2 Å². The molecule has 2 rings (SSSR count). The number of carboxylic acids is 3. The van der Waals surface area contributed by atoms with Crippen LogP contribution in [-0.4, -0.2) is 81.2 Å². The van der Waals surface area contributed by atoms with Crippen LogP contribution in [0.3, 0.4) is 0 Å². The molecule has 4 atom stereocenters. The van der Waals surface area contributed by atoms with Crippen LogP contribution in [-0.2, 0) is 19.1 Å². The fraction of sp³-hybridized carbons (Fsp3) is 0.864. The van der Waals surface area contributed by atoms with Crippen LogP contribution in [0, 0.1) is 23.2 Å². The maximum Gasteiger partial charge on any atom is 0.336 e. The van der Waals surface area contributed by atoms with Crippen molar-refractivity contribution in [1.29, 1.82) is 0 Å². The smallest absolute Gasteiger partial charge is 0.336 e. The number of likely N-dealkylation sites (N-methyl/N-ethyl adjacent to an activating group) is 1. The average molecular weight is 446 g/mol. The fourth-order valence-electron chi connectivity index (χ4n) is 4.65. The zero-order valence-corrected chi connectivity index (χ0v) is 19.3. The minimum absolute atomic E-state index is 0.517. The Kier molecular flexibility index (Phi) is 9.91. The van der Waals surface area contributed by atoms with Crippen molar-refractivity contribution < 1.29 is 39.5 Å². The first-order chi connectivity index (χ1) is 14.3. The molecule has 0 bridgehead atoms. The number of ether oxygens (including phenoxy) is 1. The van der Waals surface area contributed by atoms with E-state index < -0.39 is 36.4 Å². The maximum atomic E-state index is 10.3. The van der Waals surface area contributed by atoms with Gasteiger partial charge >= 0.3 is 17.9 Å². The lowest BCUT2D eigenvalue weighted by Crippen LogP contribution is -2.42. The Labute approximate surface area is 184 Å². The molecule has 4 N–H and O–H groups in total. The summed E-state index contributed by atoms with van der Waals surface area (Å²) < 4.78 is 6.18. The predicted molar refractivity (Wildman–Crippen MR) is 114 cm³/mol. The molecule has 0 saturated heterocycles. The Morgan fingerprint density at radius 2 is 1.48 bits per heavy atom. The molecular formula is C22H39NO8. The number of fused-ring (bicyclic) bond motifs is 1. The van der Waals surface area contributed by atoms with E-state index in [1.54, 1.807) is 0 Å². The average Bonchev–Trinajstić information content (AvgIpc) is 3.17. The zero-order chi connectivity index (χ0) is 24.0. The second kappa shape index (κ2) is 11.2. The highest BCUT2D eigenvalue weighted by molar-refractivity contribution is 5.88.